The lowest BCUT2D eigenvalue weighted by atomic mass is 9.75. The van der Waals surface area contributed by atoms with Gasteiger partial charge in [0.2, 0.25) is 0 Å². The van der Waals surface area contributed by atoms with Crippen LogP contribution in [0.4, 0.5) is 0 Å². The maximum Gasteiger partial charge on any atom is 0.338 e. The van der Waals surface area contributed by atoms with Crippen LogP contribution in [0.25, 0.3) is 0 Å². The van der Waals surface area contributed by atoms with Gasteiger partial charge in [0.15, 0.2) is 5.78 Å². The van der Waals surface area contributed by atoms with E-state index in [0.717, 1.165) is 18.5 Å². The van der Waals surface area contributed by atoms with Crippen molar-refractivity contribution in [3.05, 3.63) is 35.4 Å². The molecule has 0 radical (unpaired) electrons. The summed E-state index contributed by atoms with van der Waals surface area (Å²) in [4.78, 5) is 25.0. The molecule has 1 N–H and O–H groups in total. The Kier molecular flexibility index (Phi) is 8.04. The summed E-state index contributed by atoms with van der Waals surface area (Å²) in [7, 11) is 1.63. The minimum Gasteiger partial charge on any atom is -0.462 e. The van der Waals surface area contributed by atoms with Crippen molar-refractivity contribution < 1.29 is 19.1 Å². The van der Waals surface area contributed by atoms with Gasteiger partial charge in [-0.2, -0.15) is 0 Å². The van der Waals surface area contributed by atoms with Crippen LogP contribution in [-0.4, -0.2) is 44.7 Å². The molecule has 0 unspecified atom stereocenters. The lowest BCUT2D eigenvalue weighted by Crippen LogP contribution is -2.40. The second-order valence-electron chi connectivity index (χ2n) is 8.10. The second-order valence-corrected chi connectivity index (χ2v) is 8.10. The van der Waals surface area contributed by atoms with E-state index >= 15 is 0 Å². The van der Waals surface area contributed by atoms with Gasteiger partial charge in [0.25, 0.3) is 0 Å². The van der Waals surface area contributed by atoms with Crippen LogP contribution in [-0.2, 0) is 20.7 Å². The summed E-state index contributed by atoms with van der Waals surface area (Å²) in [5, 5.41) is 3.45. The van der Waals surface area contributed by atoms with Gasteiger partial charge in [0.05, 0.1) is 18.2 Å². The van der Waals surface area contributed by atoms with E-state index in [1.165, 1.54) is 32.1 Å². The van der Waals surface area contributed by atoms with E-state index in [1.54, 1.807) is 19.2 Å². The molecule has 28 heavy (non-hydrogen) atoms. The number of methoxy groups -OCH3 is 1. The topological polar surface area (TPSA) is 64.6 Å². The van der Waals surface area contributed by atoms with Crippen LogP contribution in [0.1, 0.15) is 60.9 Å². The number of hydrogen-bond donors (Lipinski definition) is 1. The first kappa shape index (κ1) is 21.0. The number of rotatable bonds is 9. The van der Waals surface area contributed by atoms with Crippen LogP contribution in [0.5, 0.6) is 0 Å². The molecule has 5 nitrogen and oxygen atoms in total. The zero-order chi connectivity index (χ0) is 19.8. The molecule has 2 atom stereocenters. The normalized spacial score (nSPS) is 22.9. The van der Waals surface area contributed by atoms with E-state index in [1.807, 2.05) is 12.1 Å². The van der Waals surface area contributed by atoms with Crippen LogP contribution < -0.4 is 5.32 Å². The maximum absolute atomic E-state index is 12.9. The standard InChI is InChI=1S/C23H33NO4/c1-27-14-5-15-28-23(26)19-10-8-17(9-11-19)16-21(25)22-20(12-13-24-22)18-6-3-2-4-7-18/h8-11,18,20,22,24H,2-7,12-16H2,1H3/t20-,22-/m0/s1. The van der Waals surface area contributed by atoms with Crippen molar-refractivity contribution in [2.45, 2.75) is 57.4 Å². The summed E-state index contributed by atoms with van der Waals surface area (Å²) in [6.45, 7) is 1.87. The molecule has 1 aliphatic heterocycles. The predicted octanol–water partition coefficient (Wildman–Crippen LogP) is 3.55. The Balaban J connectivity index is 1.51. The summed E-state index contributed by atoms with van der Waals surface area (Å²) in [5.74, 6) is 1.15. The van der Waals surface area contributed by atoms with Crippen LogP contribution in [0.2, 0.25) is 0 Å². The predicted molar refractivity (Wildman–Crippen MR) is 108 cm³/mol. The molecule has 0 spiro atoms. The molecule has 0 aromatic heterocycles. The second kappa shape index (κ2) is 10.7. The number of nitrogens with one attached hydrogen (secondary N) is 1. The molecule has 1 aromatic carbocycles. The third-order valence-corrected chi connectivity index (χ3v) is 6.17. The van der Waals surface area contributed by atoms with Crippen molar-refractivity contribution in [3.63, 3.8) is 0 Å². The van der Waals surface area contributed by atoms with Crippen molar-refractivity contribution in [1.29, 1.82) is 0 Å². The first-order valence-corrected chi connectivity index (χ1v) is 10.7. The summed E-state index contributed by atoms with van der Waals surface area (Å²) >= 11 is 0. The number of ketones is 1. The number of esters is 1. The Labute approximate surface area is 168 Å². The van der Waals surface area contributed by atoms with Crippen LogP contribution >= 0.6 is 0 Å². The molecule has 1 aromatic rings. The minimum absolute atomic E-state index is 0.00599. The summed E-state index contributed by atoms with van der Waals surface area (Å²) in [5.41, 5.74) is 1.48. The molecule has 0 amide bonds. The van der Waals surface area contributed by atoms with Gasteiger partial charge >= 0.3 is 5.97 Å². The maximum atomic E-state index is 12.9. The van der Waals surface area contributed by atoms with Gasteiger partial charge in [-0.1, -0.05) is 44.2 Å². The van der Waals surface area contributed by atoms with Crippen molar-refractivity contribution in [1.82, 2.24) is 5.32 Å². The highest BCUT2D eigenvalue weighted by Gasteiger charge is 2.37. The third kappa shape index (κ3) is 5.65. The Hall–Kier alpha value is -1.72. The van der Waals surface area contributed by atoms with Crippen LogP contribution in [0.3, 0.4) is 0 Å². The van der Waals surface area contributed by atoms with Gasteiger partial charge in [-0.15, -0.1) is 0 Å². The van der Waals surface area contributed by atoms with E-state index in [2.05, 4.69) is 5.32 Å². The van der Waals surface area contributed by atoms with E-state index in [9.17, 15) is 9.59 Å². The molecule has 154 valence electrons. The van der Waals surface area contributed by atoms with E-state index in [4.69, 9.17) is 9.47 Å². The number of carbonyl (C=O) groups excluding carboxylic acids is 2. The average Bonchev–Trinajstić information content (AvgIpc) is 3.22. The molecule has 1 saturated heterocycles. The zero-order valence-electron chi connectivity index (χ0n) is 17.0. The SMILES string of the molecule is COCCCOC(=O)c1ccc(CC(=O)[C@H]2NCC[C@H]2C2CCCCC2)cc1. The van der Waals surface area contributed by atoms with Gasteiger partial charge in [-0.25, -0.2) is 4.79 Å². The van der Waals surface area contributed by atoms with Gasteiger partial charge < -0.3 is 14.8 Å². The minimum atomic E-state index is -0.330. The average molecular weight is 388 g/mol. The molecule has 5 heteroatoms. The van der Waals surface area contributed by atoms with E-state index in [-0.39, 0.29) is 17.8 Å². The van der Waals surface area contributed by atoms with E-state index in [0.29, 0.717) is 43.5 Å². The molecule has 0 bridgehead atoms. The van der Waals surface area contributed by atoms with Crippen molar-refractivity contribution >= 4 is 11.8 Å². The molecular formula is C23H33NO4. The van der Waals surface area contributed by atoms with Crippen LogP contribution in [0.15, 0.2) is 24.3 Å². The molecule has 2 fully saturated rings. The zero-order valence-corrected chi connectivity index (χ0v) is 17.0. The molecule has 1 saturated carbocycles. The third-order valence-electron chi connectivity index (χ3n) is 6.17. The Morgan fingerprint density at radius 3 is 2.50 bits per heavy atom. The number of Topliss-reactive ketones (excluding diaryl/α,β-unsaturated/α-hetero) is 1. The quantitative estimate of drug-likeness (QED) is 0.519. The smallest absolute Gasteiger partial charge is 0.338 e. The molecular weight excluding hydrogens is 354 g/mol. The number of hydrogen-bond acceptors (Lipinski definition) is 5. The lowest BCUT2D eigenvalue weighted by molar-refractivity contribution is -0.121. The fourth-order valence-corrected chi connectivity index (χ4v) is 4.67. The molecule has 3 rings (SSSR count). The highest BCUT2D eigenvalue weighted by molar-refractivity contribution is 5.90. The molecule has 1 aliphatic carbocycles. The van der Waals surface area contributed by atoms with Gasteiger partial charge in [0.1, 0.15) is 0 Å². The van der Waals surface area contributed by atoms with Crippen LogP contribution in [0, 0.1) is 11.8 Å². The largest absolute Gasteiger partial charge is 0.462 e. The van der Waals surface area contributed by atoms with Gasteiger partial charge in [-0.05, 0) is 42.5 Å². The number of benzene rings is 1. The first-order chi connectivity index (χ1) is 13.7. The molecule has 1 heterocycles. The Morgan fingerprint density at radius 2 is 1.79 bits per heavy atom. The first-order valence-electron chi connectivity index (χ1n) is 10.7. The highest BCUT2D eigenvalue weighted by Crippen LogP contribution is 2.36. The summed E-state index contributed by atoms with van der Waals surface area (Å²) < 4.78 is 10.2. The molecule has 2 aliphatic rings. The van der Waals surface area contributed by atoms with Crippen molar-refractivity contribution in [3.8, 4) is 0 Å². The van der Waals surface area contributed by atoms with E-state index < -0.39 is 0 Å². The summed E-state index contributed by atoms with van der Waals surface area (Å²) in [6.07, 6.45) is 8.74. The van der Waals surface area contributed by atoms with Crippen molar-refractivity contribution in [2.24, 2.45) is 11.8 Å². The van der Waals surface area contributed by atoms with Gasteiger partial charge in [-0.3, -0.25) is 4.79 Å². The Morgan fingerprint density at radius 1 is 1.04 bits per heavy atom. The summed E-state index contributed by atoms with van der Waals surface area (Å²) in [6, 6.07) is 7.24. The Bertz CT molecular complexity index is 637. The number of carbonyl (C=O) groups is 2. The fourth-order valence-electron chi connectivity index (χ4n) is 4.67. The highest BCUT2D eigenvalue weighted by atomic mass is 16.5. The van der Waals surface area contributed by atoms with Crippen molar-refractivity contribution in [2.75, 3.05) is 26.9 Å². The van der Waals surface area contributed by atoms with Gasteiger partial charge in [0, 0.05) is 26.6 Å². The monoisotopic (exact) mass is 387 g/mol. The fraction of sp³-hybridized carbons (Fsp3) is 0.652. The number of ether oxygens (including phenoxy) is 2. The lowest BCUT2D eigenvalue weighted by Gasteiger charge is -2.30.